The summed E-state index contributed by atoms with van der Waals surface area (Å²) in [5.74, 6) is -0.307. The van der Waals surface area contributed by atoms with Crippen LogP contribution in [0.25, 0.3) is 0 Å². The van der Waals surface area contributed by atoms with Crippen molar-refractivity contribution in [3.05, 3.63) is 42.5 Å². The first kappa shape index (κ1) is 14.3. The summed E-state index contributed by atoms with van der Waals surface area (Å²) in [6.45, 7) is 7.72. The van der Waals surface area contributed by atoms with Gasteiger partial charge in [0.1, 0.15) is 0 Å². The summed E-state index contributed by atoms with van der Waals surface area (Å²) >= 11 is 0. The Hall–Kier alpha value is -2.10. The molecule has 1 aromatic carbocycles. The van der Waals surface area contributed by atoms with Gasteiger partial charge in [0.25, 0.3) is 0 Å². The number of carbonyl (C=O) groups is 2. The van der Waals surface area contributed by atoms with Crippen molar-refractivity contribution < 1.29 is 9.59 Å². The molecule has 20 heavy (non-hydrogen) atoms. The van der Waals surface area contributed by atoms with Gasteiger partial charge in [0.2, 0.25) is 11.8 Å². The zero-order valence-corrected chi connectivity index (χ0v) is 12.1. The van der Waals surface area contributed by atoms with Gasteiger partial charge in [-0.3, -0.25) is 9.59 Å². The number of benzene rings is 1. The van der Waals surface area contributed by atoms with Gasteiger partial charge in [-0.2, -0.15) is 0 Å². The normalized spacial score (nSPS) is 21.1. The molecule has 0 spiro atoms. The van der Waals surface area contributed by atoms with Crippen LogP contribution in [0.1, 0.15) is 25.8 Å². The van der Waals surface area contributed by atoms with Crippen molar-refractivity contribution in [2.45, 2.75) is 25.7 Å². The van der Waals surface area contributed by atoms with E-state index in [0.717, 1.165) is 11.3 Å². The van der Waals surface area contributed by atoms with Crippen LogP contribution in [-0.4, -0.2) is 18.9 Å². The third kappa shape index (κ3) is 1.83. The van der Waals surface area contributed by atoms with Crippen molar-refractivity contribution in [3.63, 3.8) is 0 Å². The summed E-state index contributed by atoms with van der Waals surface area (Å²) in [5.41, 5.74) is 0.163. The van der Waals surface area contributed by atoms with Crippen LogP contribution >= 0.6 is 0 Å². The topological polar surface area (TPSA) is 58.2 Å². The Morgan fingerprint density at radius 1 is 1.45 bits per heavy atom. The maximum atomic E-state index is 12.7. The molecule has 4 nitrogen and oxygen atoms in total. The van der Waals surface area contributed by atoms with Crippen molar-refractivity contribution in [3.8, 4) is 0 Å². The van der Waals surface area contributed by atoms with Crippen molar-refractivity contribution in [1.29, 1.82) is 0 Å². The molecule has 0 saturated carbocycles. The van der Waals surface area contributed by atoms with Crippen LogP contribution in [0.3, 0.4) is 0 Å². The number of nitrogens with one attached hydrogen (secondary N) is 2. The fourth-order valence-electron chi connectivity index (χ4n) is 2.86. The number of rotatable bonds is 4. The molecule has 4 heteroatoms. The second kappa shape index (κ2) is 4.78. The second-order valence-electron chi connectivity index (χ2n) is 5.68. The molecule has 1 heterocycles. The SMILES string of the molecule is C=CC(C)(C)C1(CC(=O)NC)C(=O)Nc2ccccc21. The van der Waals surface area contributed by atoms with Gasteiger partial charge in [0.05, 0.1) is 5.41 Å². The van der Waals surface area contributed by atoms with E-state index >= 15 is 0 Å². The van der Waals surface area contributed by atoms with Gasteiger partial charge >= 0.3 is 0 Å². The summed E-state index contributed by atoms with van der Waals surface area (Å²) in [7, 11) is 1.58. The highest BCUT2D eigenvalue weighted by Gasteiger charge is 2.56. The molecule has 1 aliphatic heterocycles. The molecule has 2 amide bonds. The lowest BCUT2D eigenvalue weighted by molar-refractivity contribution is -0.131. The number of hydrogen-bond donors (Lipinski definition) is 2. The van der Waals surface area contributed by atoms with Crippen LogP contribution in [-0.2, 0) is 15.0 Å². The zero-order chi connectivity index (χ0) is 15.0. The molecule has 1 aromatic rings. The van der Waals surface area contributed by atoms with Crippen LogP contribution in [0.4, 0.5) is 5.69 Å². The second-order valence-corrected chi connectivity index (χ2v) is 5.68. The average Bonchev–Trinajstić information content (AvgIpc) is 2.72. The maximum absolute atomic E-state index is 12.7. The Morgan fingerprint density at radius 2 is 2.10 bits per heavy atom. The van der Waals surface area contributed by atoms with E-state index in [1.54, 1.807) is 13.1 Å². The lowest BCUT2D eigenvalue weighted by Crippen LogP contribution is -2.49. The predicted molar refractivity (Wildman–Crippen MR) is 79.4 cm³/mol. The lowest BCUT2D eigenvalue weighted by atomic mass is 9.60. The Balaban J connectivity index is 2.67. The van der Waals surface area contributed by atoms with E-state index in [1.807, 2.05) is 38.1 Å². The molecule has 0 aromatic heterocycles. The molecule has 2 rings (SSSR count). The van der Waals surface area contributed by atoms with E-state index in [0.29, 0.717) is 0 Å². The Kier molecular flexibility index (Phi) is 3.42. The largest absolute Gasteiger partial charge is 0.359 e. The van der Waals surface area contributed by atoms with E-state index in [2.05, 4.69) is 17.2 Å². The molecule has 0 fully saturated rings. The molecule has 106 valence electrons. The molecule has 0 radical (unpaired) electrons. The van der Waals surface area contributed by atoms with Crippen molar-refractivity contribution >= 4 is 17.5 Å². The molecule has 1 unspecified atom stereocenters. The van der Waals surface area contributed by atoms with Crippen LogP contribution < -0.4 is 10.6 Å². The summed E-state index contributed by atoms with van der Waals surface area (Å²) in [4.78, 5) is 24.6. The molecular weight excluding hydrogens is 252 g/mol. The van der Waals surface area contributed by atoms with Gasteiger partial charge < -0.3 is 10.6 Å². The summed E-state index contributed by atoms with van der Waals surface area (Å²) < 4.78 is 0. The highest BCUT2D eigenvalue weighted by molar-refractivity contribution is 6.09. The number of fused-ring (bicyclic) bond motifs is 1. The number of amides is 2. The van der Waals surface area contributed by atoms with Gasteiger partial charge in [-0.25, -0.2) is 0 Å². The number of hydrogen-bond acceptors (Lipinski definition) is 2. The minimum Gasteiger partial charge on any atom is -0.359 e. The monoisotopic (exact) mass is 272 g/mol. The van der Waals surface area contributed by atoms with E-state index < -0.39 is 10.8 Å². The summed E-state index contributed by atoms with van der Waals surface area (Å²) in [6.07, 6.45) is 1.85. The van der Waals surface area contributed by atoms with Gasteiger partial charge in [0, 0.05) is 24.6 Å². The number of allylic oxidation sites excluding steroid dienone is 1. The first-order valence-electron chi connectivity index (χ1n) is 6.64. The third-order valence-electron chi connectivity index (χ3n) is 4.34. The highest BCUT2D eigenvalue weighted by Crippen LogP contribution is 2.52. The van der Waals surface area contributed by atoms with Crippen LogP contribution in [0.2, 0.25) is 0 Å². The first-order valence-corrected chi connectivity index (χ1v) is 6.64. The third-order valence-corrected chi connectivity index (χ3v) is 4.34. The Morgan fingerprint density at radius 3 is 2.70 bits per heavy atom. The van der Waals surface area contributed by atoms with Crippen molar-refractivity contribution in [1.82, 2.24) is 5.32 Å². The molecular formula is C16H20N2O2. The average molecular weight is 272 g/mol. The molecule has 1 atom stereocenters. The number of carbonyl (C=O) groups excluding carboxylic acids is 2. The van der Waals surface area contributed by atoms with Gasteiger partial charge in [-0.15, -0.1) is 6.58 Å². The van der Waals surface area contributed by atoms with Crippen LogP contribution in [0.15, 0.2) is 36.9 Å². The zero-order valence-electron chi connectivity index (χ0n) is 12.1. The van der Waals surface area contributed by atoms with E-state index in [4.69, 9.17) is 0 Å². The van der Waals surface area contributed by atoms with E-state index in [-0.39, 0.29) is 18.2 Å². The fourth-order valence-corrected chi connectivity index (χ4v) is 2.86. The van der Waals surface area contributed by atoms with Crippen molar-refractivity contribution in [2.24, 2.45) is 5.41 Å². The molecule has 0 saturated heterocycles. The Bertz CT molecular complexity index is 578. The smallest absolute Gasteiger partial charge is 0.236 e. The van der Waals surface area contributed by atoms with Crippen LogP contribution in [0.5, 0.6) is 0 Å². The Labute approximate surface area is 119 Å². The quantitative estimate of drug-likeness (QED) is 0.826. The van der Waals surface area contributed by atoms with E-state index in [1.165, 1.54) is 0 Å². The van der Waals surface area contributed by atoms with Gasteiger partial charge in [-0.05, 0) is 11.6 Å². The molecule has 1 aliphatic rings. The minimum absolute atomic E-state index is 0.103. The van der Waals surface area contributed by atoms with E-state index in [9.17, 15) is 9.59 Å². The molecule has 2 N–H and O–H groups in total. The summed E-state index contributed by atoms with van der Waals surface area (Å²) in [5, 5.41) is 5.50. The van der Waals surface area contributed by atoms with Crippen molar-refractivity contribution in [2.75, 3.05) is 12.4 Å². The highest BCUT2D eigenvalue weighted by atomic mass is 16.2. The van der Waals surface area contributed by atoms with Crippen LogP contribution in [0, 0.1) is 5.41 Å². The number of para-hydroxylation sites is 1. The molecule has 0 bridgehead atoms. The van der Waals surface area contributed by atoms with Gasteiger partial charge in [-0.1, -0.05) is 38.1 Å². The standard InChI is InChI=1S/C16H20N2O2/c1-5-15(2,3)16(10-13(19)17-4)11-8-6-7-9-12(11)18-14(16)20/h5-9H,1,10H2,2-4H3,(H,17,19)(H,18,20). The molecule has 0 aliphatic carbocycles. The van der Waals surface area contributed by atoms with Gasteiger partial charge in [0.15, 0.2) is 0 Å². The fraction of sp³-hybridized carbons (Fsp3) is 0.375. The number of anilines is 1. The predicted octanol–water partition coefficient (Wildman–Crippen LogP) is 2.22. The lowest BCUT2D eigenvalue weighted by Gasteiger charge is -2.40. The first-order chi connectivity index (χ1) is 9.39. The minimum atomic E-state index is -0.925. The summed E-state index contributed by atoms with van der Waals surface area (Å²) in [6, 6.07) is 7.52. The maximum Gasteiger partial charge on any atom is 0.236 e.